The van der Waals surface area contributed by atoms with E-state index in [0.29, 0.717) is 30.2 Å². The number of carbonyl (C=O) groups is 2. The van der Waals surface area contributed by atoms with Gasteiger partial charge in [-0.2, -0.15) is 0 Å². The van der Waals surface area contributed by atoms with Crippen molar-refractivity contribution in [2.24, 2.45) is 0 Å². The van der Waals surface area contributed by atoms with Crippen LogP contribution in [0.4, 0.5) is 0 Å². The normalized spacial score (nSPS) is 18.0. The van der Waals surface area contributed by atoms with Crippen molar-refractivity contribution in [2.45, 2.75) is 6.04 Å². The lowest BCUT2D eigenvalue weighted by Crippen LogP contribution is -2.35. The van der Waals surface area contributed by atoms with Crippen molar-refractivity contribution < 1.29 is 24.2 Å². The van der Waals surface area contributed by atoms with Crippen LogP contribution in [0.5, 0.6) is 11.5 Å². The molecule has 0 radical (unpaired) electrons. The van der Waals surface area contributed by atoms with E-state index in [1.807, 2.05) is 19.0 Å². The Morgan fingerprint density at radius 1 is 1.06 bits per heavy atom. The number of nitrogens with zero attached hydrogens (tertiary/aromatic N) is 2. The molecule has 164 valence electrons. The fourth-order valence-corrected chi connectivity index (χ4v) is 3.72. The standard InChI is InChI=1S/C23H25ClN2O5/c1-25(2)11-12-26-20(14-5-7-15(30-3)8-6-14)19(22(28)23(26)29)21(27)17-13-16(31-4)9-10-18(17)24/h5-10,13,20,27H,11-12H2,1-4H3/b21-19+. The van der Waals surface area contributed by atoms with Crippen molar-refractivity contribution in [3.8, 4) is 11.5 Å². The molecule has 2 aromatic carbocycles. The fourth-order valence-electron chi connectivity index (χ4n) is 3.51. The van der Waals surface area contributed by atoms with Gasteiger partial charge >= 0.3 is 0 Å². The number of amides is 1. The maximum absolute atomic E-state index is 13.0. The van der Waals surface area contributed by atoms with Crippen LogP contribution in [0.2, 0.25) is 5.02 Å². The average Bonchev–Trinajstić information content (AvgIpc) is 3.02. The van der Waals surface area contributed by atoms with Crippen LogP contribution >= 0.6 is 11.6 Å². The van der Waals surface area contributed by atoms with Gasteiger partial charge in [0.15, 0.2) is 0 Å². The van der Waals surface area contributed by atoms with Crippen LogP contribution < -0.4 is 9.47 Å². The van der Waals surface area contributed by atoms with Crippen molar-refractivity contribution in [3.05, 3.63) is 64.2 Å². The molecule has 0 aromatic heterocycles. The molecule has 1 N–H and O–H groups in total. The lowest BCUT2D eigenvalue weighted by atomic mass is 9.95. The number of ether oxygens (including phenoxy) is 2. The minimum atomic E-state index is -0.756. The highest BCUT2D eigenvalue weighted by Crippen LogP contribution is 2.41. The van der Waals surface area contributed by atoms with Gasteiger partial charge in [-0.15, -0.1) is 0 Å². The molecule has 0 bridgehead atoms. The van der Waals surface area contributed by atoms with Gasteiger partial charge in [0, 0.05) is 18.7 Å². The number of ketones is 1. The van der Waals surface area contributed by atoms with Gasteiger partial charge in [-0.1, -0.05) is 23.7 Å². The number of carbonyl (C=O) groups excluding carboxylic acids is 2. The molecule has 1 fully saturated rings. The van der Waals surface area contributed by atoms with Gasteiger partial charge in [0.05, 0.1) is 30.9 Å². The van der Waals surface area contributed by atoms with Gasteiger partial charge < -0.3 is 24.4 Å². The molecule has 1 aliphatic rings. The molecule has 0 spiro atoms. The lowest BCUT2D eigenvalue weighted by Gasteiger charge is -2.26. The van der Waals surface area contributed by atoms with Gasteiger partial charge in [-0.25, -0.2) is 0 Å². The number of rotatable bonds is 7. The Bertz CT molecular complexity index is 1020. The van der Waals surface area contributed by atoms with Gasteiger partial charge in [0.2, 0.25) is 0 Å². The second-order valence-electron chi connectivity index (χ2n) is 7.41. The molecule has 0 aliphatic carbocycles. The topological polar surface area (TPSA) is 79.3 Å². The smallest absolute Gasteiger partial charge is 0.295 e. The number of hydrogen-bond donors (Lipinski definition) is 1. The third-order valence-corrected chi connectivity index (χ3v) is 5.52. The number of methoxy groups -OCH3 is 2. The summed E-state index contributed by atoms with van der Waals surface area (Å²) < 4.78 is 10.4. The summed E-state index contributed by atoms with van der Waals surface area (Å²) >= 11 is 6.30. The predicted octanol–water partition coefficient (Wildman–Crippen LogP) is 3.34. The Hall–Kier alpha value is -3.03. The summed E-state index contributed by atoms with van der Waals surface area (Å²) in [5.41, 5.74) is 0.897. The molecular formula is C23H25ClN2O5. The molecule has 3 rings (SSSR count). The van der Waals surface area contributed by atoms with Crippen molar-refractivity contribution in [1.82, 2.24) is 9.80 Å². The summed E-state index contributed by atoms with van der Waals surface area (Å²) in [7, 11) is 6.82. The summed E-state index contributed by atoms with van der Waals surface area (Å²) in [5.74, 6) is -0.645. The Morgan fingerprint density at radius 2 is 1.68 bits per heavy atom. The number of hydrogen-bond acceptors (Lipinski definition) is 6. The van der Waals surface area contributed by atoms with Gasteiger partial charge in [-0.3, -0.25) is 9.59 Å². The van der Waals surface area contributed by atoms with Gasteiger partial charge in [0.1, 0.15) is 17.3 Å². The minimum Gasteiger partial charge on any atom is -0.507 e. The maximum Gasteiger partial charge on any atom is 0.295 e. The zero-order chi connectivity index (χ0) is 22.7. The Kier molecular flexibility index (Phi) is 6.87. The Labute approximate surface area is 186 Å². The van der Waals surface area contributed by atoms with E-state index in [2.05, 4.69) is 0 Å². The Balaban J connectivity index is 2.18. The monoisotopic (exact) mass is 444 g/mol. The molecule has 1 amide bonds. The quantitative estimate of drug-likeness (QED) is 0.401. The highest BCUT2D eigenvalue weighted by atomic mass is 35.5. The highest BCUT2D eigenvalue weighted by Gasteiger charge is 2.46. The van der Waals surface area contributed by atoms with Crippen LogP contribution in [0, 0.1) is 0 Å². The van der Waals surface area contributed by atoms with E-state index >= 15 is 0 Å². The molecule has 2 aromatic rings. The van der Waals surface area contributed by atoms with E-state index in [1.165, 1.54) is 18.1 Å². The zero-order valence-corrected chi connectivity index (χ0v) is 18.6. The lowest BCUT2D eigenvalue weighted by molar-refractivity contribution is -0.140. The van der Waals surface area contributed by atoms with E-state index in [-0.39, 0.29) is 21.9 Å². The molecule has 1 heterocycles. The summed E-state index contributed by atoms with van der Waals surface area (Å²) in [5, 5.41) is 11.4. The number of aliphatic hydroxyl groups excluding tert-OH is 1. The maximum atomic E-state index is 13.0. The summed E-state index contributed by atoms with van der Waals surface area (Å²) in [6, 6.07) is 11.1. The first kappa shape index (κ1) is 22.7. The van der Waals surface area contributed by atoms with Crippen molar-refractivity contribution in [2.75, 3.05) is 41.4 Å². The number of likely N-dealkylation sites (N-methyl/N-ethyl adjacent to an activating group) is 1. The van der Waals surface area contributed by atoms with E-state index in [9.17, 15) is 14.7 Å². The summed E-state index contributed by atoms with van der Waals surface area (Å²) in [6.07, 6.45) is 0. The second-order valence-corrected chi connectivity index (χ2v) is 7.82. The molecule has 1 unspecified atom stereocenters. The van der Waals surface area contributed by atoms with Crippen LogP contribution in [-0.4, -0.2) is 68.0 Å². The van der Waals surface area contributed by atoms with Gasteiger partial charge in [-0.05, 0) is 50.0 Å². The number of Topliss-reactive ketones (excluding diaryl/α,β-unsaturated/α-hetero) is 1. The third-order valence-electron chi connectivity index (χ3n) is 5.19. The molecular weight excluding hydrogens is 420 g/mol. The average molecular weight is 445 g/mol. The SMILES string of the molecule is COc1ccc(C2/C(=C(\O)c3cc(OC)ccc3Cl)C(=O)C(=O)N2CCN(C)C)cc1. The van der Waals surface area contributed by atoms with Gasteiger partial charge in [0.25, 0.3) is 11.7 Å². The highest BCUT2D eigenvalue weighted by molar-refractivity contribution is 6.47. The first-order valence-corrected chi connectivity index (χ1v) is 10.1. The van der Waals surface area contributed by atoms with E-state index in [4.69, 9.17) is 21.1 Å². The van der Waals surface area contributed by atoms with Crippen LogP contribution in [0.3, 0.4) is 0 Å². The van der Waals surface area contributed by atoms with Crippen molar-refractivity contribution >= 4 is 29.1 Å². The zero-order valence-electron chi connectivity index (χ0n) is 17.9. The summed E-state index contributed by atoms with van der Waals surface area (Å²) in [4.78, 5) is 29.3. The van der Waals surface area contributed by atoms with E-state index in [0.717, 1.165) is 0 Å². The Morgan fingerprint density at radius 3 is 2.26 bits per heavy atom. The second kappa shape index (κ2) is 9.41. The fraction of sp³-hybridized carbons (Fsp3) is 0.304. The number of halogens is 1. The van der Waals surface area contributed by atoms with Crippen LogP contribution in [-0.2, 0) is 9.59 Å². The van der Waals surface area contributed by atoms with E-state index in [1.54, 1.807) is 43.5 Å². The molecule has 1 aliphatic heterocycles. The van der Waals surface area contributed by atoms with Crippen LogP contribution in [0.25, 0.3) is 5.76 Å². The molecule has 0 saturated carbocycles. The predicted molar refractivity (Wildman–Crippen MR) is 119 cm³/mol. The molecule has 31 heavy (non-hydrogen) atoms. The molecule has 1 atom stereocenters. The van der Waals surface area contributed by atoms with Crippen LogP contribution in [0.1, 0.15) is 17.2 Å². The van der Waals surface area contributed by atoms with E-state index < -0.39 is 17.7 Å². The van der Waals surface area contributed by atoms with Crippen molar-refractivity contribution in [1.29, 1.82) is 0 Å². The molecule has 8 heteroatoms. The third kappa shape index (κ3) is 4.52. The number of likely N-dealkylation sites (tertiary alicyclic amines) is 1. The van der Waals surface area contributed by atoms with Crippen LogP contribution in [0.15, 0.2) is 48.0 Å². The first-order valence-electron chi connectivity index (χ1n) is 9.69. The van der Waals surface area contributed by atoms with Crippen molar-refractivity contribution in [3.63, 3.8) is 0 Å². The summed E-state index contributed by atoms with van der Waals surface area (Å²) in [6.45, 7) is 0.872. The largest absolute Gasteiger partial charge is 0.507 e. The molecule has 7 nitrogen and oxygen atoms in total. The first-order chi connectivity index (χ1) is 14.8. The number of aliphatic hydroxyl groups is 1. The minimum absolute atomic E-state index is 0.0101. The molecule has 1 saturated heterocycles. The number of benzene rings is 2.